The van der Waals surface area contributed by atoms with Gasteiger partial charge in [-0.2, -0.15) is 0 Å². The quantitative estimate of drug-likeness (QED) is 0.153. The van der Waals surface area contributed by atoms with Crippen LogP contribution in [0, 0.1) is 6.92 Å². The fraction of sp³-hybridized carbons (Fsp3) is 0.107. The first-order valence-corrected chi connectivity index (χ1v) is 13.0. The van der Waals surface area contributed by atoms with Gasteiger partial charge in [0.15, 0.2) is 0 Å². The lowest BCUT2D eigenvalue weighted by molar-refractivity contribution is -0.131. The van der Waals surface area contributed by atoms with E-state index in [2.05, 4.69) is 14.8 Å². The molecular weight excluding hydrogens is 545 g/mol. The van der Waals surface area contributed by atoms with Crippen molar-refractivity contribution in [2.24, 2.45) is 0 Å². The molecule has 10 heteroatoms. The van der Waals surface area contributed by atoms with Crippen molar-refractivity contribution in [2.75, 3.05) is 7.11 Å². The molecule has 3 aromatic carbocycles. The number of carboxylic acids is 1. The van der Waals surface area contributed by atoms with Crippen LogP contribution in [0.3, 0.4) is 0 Å². The largest absolute Gasteiger partial charge is 0.496 e. The zero-order valence-electron chi connectivity index (χ0n) is 20.3. The molecule has 0 fully saturated rings. The average Bonchev–Trinajstić information content (AvgIpc) is 3.48. The lowest BCUT2D eigenvalue weighted by Crippen LogP contribution is -2.02. The van der Waals surface area contributed by atoms with Gasteiger partial charge in [-0.3, -0.25) is 0 Å². The van der Waals surface area contributed by atoms with Gasteiger partial charge in [0.25, 0.3) is 11.1 Å². The zero-order chi connectivity index (χ0) is 26.8. The molecule has 0 saturated heterocycles. The number of nitrogens with zero attached hydrogens (tertiary/aromatic N) is 3. The SMILES string of the molecule is COc1ccc(Cl)cc1-c1nnc(S/C(=C\c2c(C)n(Cc3ccccc3Cl)c3ccccc23)C(=O)O)o1. The van der Waals surface area contributed by atoms with Gasteiger partial charge in [-0.25, -0.2) is 4.79 Å². The van der Waals surface area contributed by atoms with Crippen molar-refractivity contribution in [3.63, 3.8) is 0 Å². The molecule has 1 N–H and O–H groups in total. The fourth-order valence-electron chi connectivity index (χ4n) is 4.21. The van der Waals surface area contributed by atoms with Gasteiger partial charge in [-0.15, -0.1) is 10.2 Å². The molecule has 7 nitrogen and oxygen atoms in total. The highest BCUT2D eigenvalue weighted by Crippen LogP contribution is 2.36. The van der Waals surface area contributed by atoms with Crippen molar-refractivity contribution in [3.05, 3.63) is 98.5 Å². The van der Waals surface area contributed by atoms with E-state index in [0.29, 0.717) is 27.9 Å². The van der Waals surface area contributed by atoms with Crippen LogP contribution < -0.4 is 4.74 Å². The highest BCUT2D eigenvalue weighted by Gasteiger charge is 2.21. The molecule has 0 aliphatic rings. The van der Waals surface area contributed by atoms with Crippen LogP contribution in [0.1, 0.15) is 16.8 Å². The Morgan fingerprint density at radius 3 is 2.63 bits per heavy atom. The Morgan fingerprint density at radius 2 is 1.87 bits per heavy atom. The number of rotatable bonds is 8. The lowest BCUT2D eigenvalue weighted by atomic mass is 10.1. The first-order valence-electron chi connectivity index (χ1n) is 11.5. The number of halogens is 2. The summed E-state index contributed by atoms with van der Waals surface area (Å²) in [5, 5.41) is 20.3. The van der Waals surface area contributed by atoms with E-state index in [1.54, 1.807) is 24.3 Å². The third kappa shape index (κ3) is 5.15. The number of hydrogen-bond acceptors (Lipinski definition) is 6. The number of carbonyl (C=O) groups is 1. The minimum atomic E-state index is -1.11. The molecule has 0 aliphatic carbocycles. The van der Waals surface area contributed by atoms with Crippen molar-refractivity contribution in [1.29, 1.82) is 0 Å². The first kappa shape index (κ1) is 25.9. The molecule has 5 aromatic rings. The molecule has 5 rings (SSSR count). The molecule has 0 saturated carbocycles. The Morgan fingerprint density at radius 1 is 1.11 bits per heavy atom. The number of thioether (sulfide) groups is 1. The number of fused-ring (bicyclic) bond motifs is 1. The van der Waals surface area contributed by atoms with E-state index < -0.39 is 5.97 Å². The summed E-state index contributed by atoms with van der Waals surface area (Å²) >= 11 is 13.4. The van der Waals surface area contributed by atoms with E-state index in [-0.39, 0.29) is 16.0 Å². The predicted molar refractivity (Wildman–Crippen MR) is 150 cm³/mol. The minimum absolute atomic E-state index is 0.0296. The van der Waals surface area contributed by atoms with Crippen molar-refractivity contribution in [1.82, 2.24) is 14.8 Å². The standard InChI is InChI=1S/C28H21Cl2N3O4S/c1-16-20(19-8-4-6-10-23(19)33(16)15-17-7-3-5-9-22(17)30)14-25(27(34)35)38-28-32-31-26(37-28)21-13-18(29)11-12-24(21)36-2/h3-14H,15H2,1-2H3,(H,34,35)/b25-14-. The normalized spacial score (nSPS) is 11.7. The minimum Gasteiger partial charge on any atom is -0.496 e. The molecule has 2 aromatic heterocycles. The van der Waals surface area contributed by atoms with Crippen molar-refractivity contribution >= 4 is 57.9 Å². The molecule has 2 heterocycles. The molecular formula is C28H21Cl2N3O4S. The maximum absolute atomic E-state index is 12.3. The lowest BCUT2D eigenvalue weighted by Gasteiger charge is -2.10. The monoisotopic (exact) mass is 565 g/mol. The maximum atomic E-state index is 12.3. The van der Waals surface area contributed by atoms with Gasteiger partial charge in [0.05, 0.1) is 12.7 Å². The highest BCUT2D eigenvalue weighted by atomic mass is 35.5. The summed E-state index contributed by atoms with van der Waals surface area (Å²) in [7, 11) is 1.52. The van der Waals surface area contributed by atoms with Crippen LogP contribution in [-0.2, 0) is 11.3 Å². The molecule has 0 aliphatic heterocycles. The Bertz CT molecular complexity index is 1690. The number of aliphatic carboxylic acids is 1. The second-order valence-corrected chi connectivity index (χ2v) is 10.2. The molecule has 0 unspecified atom stereocenters. The van der Waals surface area contributed by atoms with Crippen LogP contribution in [0.4, 0.5) is 0 Å². The summed E-state index contributed by atoms with van der Waals surface area (Å²) in [6.45, 7) is 2.51. The number of ether oxygens (including phenoxy) is 1. The van der Waals surface area contributed by atoms with Gasteiger partial charge in [-0.05, 0) is 60.7 Å². The van der Waals surface area contributed by atoms with Crippen molar-refractivity contribution < 1.29 is 19.1 Å². The van der Waals surface area contributed by atoms with Crippen LogP contribution in [0.2, 0.25) is 10.0 Å². The van der Waals surface area contributed by atoms with Crippen molar-refractivity contribution in [2.45, 2.75) is 18.7 Å². The molecule has 38 heavy (non-hydrogen) atoms. The van der Waals surface area contributed by atoms with Gasteiger partial charge in [0.2, 0.25) is 0 Å². The predicted octanol–water partition coefficient (Wildman–Crippen LogP) is 7.58. The van der Waals surface area contributed by atoms with Crippen LogP contribution in [0.5, 0.6) is 5.75 Å². The summed E-state index contributed by atoms with van der Waals surface area (Å²) in [6.07, 6.45) is 1.64. The molecule has 0 bridgehead atoms. The van der Waals surface area contributed by atoms with Crippen LogP contribution in [-0.4, -0.2) is 33.0 Å². The summed E-state index contributed by atoms with van der Waals surface area (Å²) < 4.78 is 13.3. The van der Waals surface area contributed by atoms with Crippen molar-refractivity contribution in [3.8, 4) is 17.2 Å². The van der Waals surface area contributed by atoms with E-state index >= 15 is 0 Å². The second kappa shape index (κ2) is 10.9. The third-order valence-corrected chi connectivity index (χ3v) is 7.50. The third-order valence-electron chi connectivity index (χ3n) is 6.05. The van der Waals surface area contributed by atoms with Crippen LogP contribution in [0.25, 0.3) is 28.4 Å². The summed E-state index contributed by atoms with van der Waals surface area (Å²) in [4.78, 5) is 12.3. The van der Waals surface area contributed by atoms with Gasteiger partial charge in [-0.1, -0.05) is 59.6 Å². The number of methoxy groups -OCH3 is 1. The summed E-state index contributed by atoms with van der Waals surface area (Å²) in [6, 6.07) is 20.6. The number of para-hydroxylation sites is 1. The smallest absolute Gasteiger partial charge is 0.342 e. The maximum Gasteiger partial charge on any atom is 0.342 e. The van der Waals surface area contributed by atoms with E-state index in [0.717, 1.165) is 39.5 Å². The second-order valence-electron chi connectivity index (χ2n) is 8.33. The summed E-state index contributed by atoms with van der Waals surface area (Å²) in [5.41, 5.74) is 4.14. The number of benzene rings is 3. The molecule has 0 amide bonds. The Kier molecular flexibility index (Phi) is 7.46. The Balaban J connectivity index is 1.53. The van der Waals surface area contributed by atoms with E-state index in [1.807, 2.05) is 55.5 Å². The molecule has 192 valence electrons. The Labute approximate surface area is 232 Å². The van der Waals surface area contributed by atoms with Gasteiger partial charge in [0, 0.05) is 38.8 Å². The molecule has 0 atom stereocenters. The van der Waals surface area contributed by atoms with Crippen LogP contribution >= 0.6 is 35.0 Å². The summed E-state index contributed by atoms with van der Waals surface area (Å²) in [5.74, 6) is -0.438. The topological polar surface area (TPSA) is 90.4 Å². The average molecular weight is 566 g/mol. The fourth-order valence-corrected chi connectivity index (χ4v) is 5.23. The first-order chi connectivity index (χ1) is 18.4. The Hall–Kier alpha value is -3.72. The number of hydrogen-bond donors (Lipinski definition) is 1. The zero-order valence-corrected chi connectivity index (χ0v) is 22.6. The highest BCUT2D eigenvalue weighted by molar-refractivity contribution is 8.03. The van der Waals surface area contributed by atoms with E-state index in [4.69, 9.17) is 32.4 Å². The molecule has 0 spiro atoms. The van der Waals surface area contributed by atoms with E-state index in [9.17, 15) is 9.90 Å². The van der Waals surface area contributed by atoms with Gasteiger partial charge < -0.3 is 18.8 Å². The van der Waals surface area contributed by atoms with E-state index in [1.165, 1.54) is 7.11 Å². The number of aromatic nitrogens is 3. The van der Waals surface area contributed by atoms with Gasteiger partial charge >= 0.3 is 5.97 Å². The number of carboxylic acid groups (broad SMARTS) is 1. The van der Waals surface area contributed by atoms with Crippen LogP contribution in [0.15, 0.2) is 81.3 Å². The molecule has 0 radical (unpaired) electrons. The van der Waals surface area contributed by atoms with Gasteiger partial charge in [0.1, 0.15) is 10.7 Å².